The molecule has 0 spiro atoms. The molecule has 2 N–H and O–H groups in total. The number of nitrogens with one attached hydrogen (secondary N) is 2. The van der Waals surface area contributed by atoms with E-state index < -0.39 is 0 Å². The second kappa shape index (κ2) is 7.85. The zero-order chi connectivity index (χ0) is 17.6. The number of hydrogen-bond acceptors (Lipinski definition) is 3. The molecule has 5 nitrogen and oxygen atoms in total. The number of ether oxygens (including phenoxy) is 1. The monoisotopic (exact) mass is 338 g/mol. The van der Waals surface area contributed by atoms with Crippen LogP contribution in [-0.2, 0) is 11.3 Å². The van der Waals surface area contributed by atoms with Gasteiger partial charge < -0.3 is 19.8 Å². The van der Waals surface area contributed by atoms with E-state index in [1.165, 1.54) is 0 Å². The van der Waals surface area contributed by atoms with E-state index >= 15 is 0 Å². The Balaban J connectivity index is 1.66. The predicted octanol–water partition coefficient (Wildman–Crippen LogP) is 4.85. The number of anilines is 1. The van der Waals surface area contributed by atoms with E-state index in [1.54, 1.807) is 0 Å². The molecule has 0 aliphatic heterocycles. The summed E-state index contributed by atoms with van der Waals surface area (Å²) in [5.74, 6) is 0.721. The molecule has 25 heavy (non-hydrogen) atoms. The number of urea groups is 1. The number of fused-ring (bicyclic) bond motifs is 1. The molecule has 0 bridgehead atoms. The summed E-state index contributed by atoms with van der Waals surface area (Å²) in [7, 11) is 0. The molecule has 2 amide bonds. The highest BCUT2D eigenvalue weighted by Gasteiger charge is 2.15. The Hall–Kier alpha value is -2.79. The summed E-state index contributed by atoms with van der Waals surface area (Å²) < 4.78 is 11.2. The Labute approximate surface area is 147 Å². The molecule has 3 rings (SSSR count). The van der Waals surface area contributed by atoms with Crippen molar-refractivity contribution in [3.63, 3.8) is 0 Å². The first kappa shape index (κ1) is 17.0. The third kappa shape index (κ3) is 4.19. The van der Waals surface area contributed by atoms with Gasteiger partial charge in [-0.15, -0.1) is 0 Å². The van der Waals surface area contributed by atoms with Gasteiger partial charge in [-0.1, -0.05) is 36.4 Å². The molecule has 1 unspecified atom stereocenters. The molecule has 5 heteroatoms. The van der Waals surface area contributed by atoms with E-state index in [-0.39, 0.29) is 12.1 Å². The second-order valence-electron chi connectivity index (χ2n) is 5.80. The highest BCUT2D eigenvalue weighted by molar-refractivity contribution is 5.90. The van der Waals surface area contributed by atoms with Crippen molar-refractivity contribution in [3.05, 3.63) is 65.9 Å². The minimum Gasteiger partial charge on any atom is -0.459 e. The average Bonchev–Trinajstić information content (AvgIpc) is 3.05. The number of hydrogen-bond donors (Lipinski definition) is 2. The standard InChI is InChI=1S/C20H22N2O3/c1-3-24-13-16-9-4-6-10-17(16)22-20(23)21-14(2)19-12-15-8-5-7-11-18(15)25-19/h4-12,14H,3,13H2,1-2H3,(H2,21,22,23). The number of para-hydroxylation sites is 2. The van der Waals surface area contributed by atoms with Crippen LogP contribution in [0.15, 0.2) is 59.0 Å². The molecule has 0 saturated carbocycles. The Morgan fingerprint density at radius 1 is 1.16 bits per heavy atom. The lowest BCUT2D eigenvalue weighted by atomic mass is 10.2. The van der Waals surface area contributed by atoms with Crippen LogP contribution in [0.2, 0.25) is 0 Å². The quantitative estimate of drug-likeness (QED) is 0.675. The van der Waals surface area contributed by atoms with Crippen molar-refractivity contribution in [2.24, 2.45) is 0 Å². The van der Waals surface area contributed by atoms with Crippen molar-refractivity contribution in [2.75, 3.05) is 11.9 Å². The van der Waals surface area contributed by atoms with Gasteiger partial charge in [-0.2, -0.15) is 0 Å². The Bertz CT molecular complexity index is 824. The highest BCUT2D eigenvalue weighted by Crippen LogP contribution is 2.24. The predicted molar refractivity (Wildman–Crippen MR) is 98.6 cm³/mol. The van der Waals surface area contributed by atoms with Crippen molar-refractivity contribution >= 4 is 22.7 Å². The number of amides is 2. The van der Waals surface area contributed by atoms with Crippen LogP contribution in [0, 0.1) is 0 Å². The minimum absolute atomic E-state index is 0.244. The molecule has 0 radical (unpaired) electrons. The summed E-state index contributed by atoms with van der Waals surface area (Å²) in [5.41, 5.74) is 2.50. The number of benzene rings is 2. The van der Waals surface area contributed by atoms with Gasteiger partial charge in [-0.05, 0) is 32.0 Å². The van der Waals surface area contributed by atoms with E-state index in [1.807, 2.05) is 68.4 Å². The van der Waals surface area contributed by atoms with Crippen LogP contribution in [0.5, 0.6) is 0 Å². The lowest BCUT2D eigenvalue weighted by Crippen LogP contribution is -2.31. The summed E-state index contributed by atoms with van der Waals surface area (Å²) in [6.45, 7) is 4.93. The van der Waals surface area contributed by atoms with Crippen LogP contribution in [0.25, 0.3) is 11.0 Å². The second-order valence-corrected chi connectivity index (χ2v) is 5.80. The first-order valence-electron chi connectivity index (χ1n) is 8.39. The highest BCUT2D eigenvalue weighted by atomic mass is 16.5. The molecule has 1 heterocycles. The molecule has 0 aliphatic carbocycles. The van der Waals surface area contributed by atoms with Crippen molar-refractivity contribution in [2.45, 2.75) is 26.5 Å². The van der Waals surface area contributed by atoms with Crippen LogP contribution in [0.3, 0.4) is 0 Å². The minimum atomic E-state index is -0.281. The van der Waals surface area contributed by atoms with Crippen molar-refractivity contribution in [3.8, 4) is 0 Å². The maximum absolute atomic E-state index is 12.3. The van der Waals surface area contributed by atoms with Crippen LogP contribution < -0.4 is 10.6 Å². The molecule has 3 aromatic rings. The van der Waals surface area contributed by atoms with Crippen LogP contribution >= 0.6 is 0 Å². The molecule has 0 fully saturated rings. The molecule has 0 saturated heterocycles. The number of carbonyl (C=O) groups excluding carboxylic acids is 1. The fourth-order valence-corrected chi connectivity index (χ4v) is 2.62. The maximum atomic E-state index is 12.3. The Kier molecular flexibility index (Phi) is 5.36. The summed E-state index contributed by atoms with van der Waals surface area (Å²) in [5, 5.41) is 6.81. The van der Waals surface area contributed by atoms with E-state index in [4.69, 9.17) is 9.15 Å². The SMILES string of the molecule is CCOCc1ccccc1NC(=O)NC(C)c1cc2ccccc2o1. The van der Waals surface area contributed by atoms with Gasteiger partial charge in [0.2, 0.25) is 0 Å². The lowest BCUT2D eigenvalue weighted by molar-refractivity contribution is 0.134. The van der Waals surface area contributed by atoms with Gasteiger partial charge in [0.25, 0.3) is 0 Å². The molecule has 2 aromatic carbocycles. The van der Waals surface area contributed by atoms with Crippen molar-refractivity contribution in [1.82, 2.24) is 5.32 Å². The van der Waals surface area contributed by atoms with Crippen LogP contribution in [0.4, 0.5) is 10.5 Å². The van der Waals surface area contributed by atoms with Crippen molar-refractivity contribution < 1.29 is 13.9 Å². The van der Waals surface area contributed by atoms with E-state index in [9.17, 15) is 4.79 Å². The topological polar surface area (TPSA) is 63.5 Å². The molecule has 0 aliphatic rings. The first-order chi connectivity index (χ1) is 12.2. The van der Waals surface area contributed by atoms with Gasteiger partial charge >= 0.3 is 6.03 Å². The number of rotatable bonds is 6. The van der Waals surface area contributed by atoms with Crippen LogP contribution in [-0.4, -0.2) is 12.6 Å². The lowest BCUT2D eigenvalue weighted by Gasteiger charge is -2.15. The zero-order valence-corrected chi connectivity index (χ0v) is 14.4. The number of furan rings is 1. The Morgan fingerprint density at radius 3 is 2.72 bits per heavy atom. The largest absolute Gasteiger partial charge is 0.459 e. The van der Waals surface area contributed by atoms with E-state index in [0.717, 1.165) is 28.0 Å². The van der Waals surface area contributed by atoms with E-state index in [0.29, 0.717) is 13.2 Å². The van der Waals surface area contributed by atoms with E-state index in [2.05, 4.69) is 10.6 Å². The third-order valence-electron chi connectivity index (χ3n) is 3.95. The third-order valence-corrected chi connectivity index (χ3v) is 3.95. The Morgan fingerprint density at radius 2 is 1.92 bits per heavy atom. The van der Waals surface area contributed by atoms with Crippen LogP contribution in [0.1, 0.15) is 31.2 Å². The number of carbonyl (C=O) groups is 1. The van der Waals surface area contributed by atoms with Gasteiger partial charge in [-0.25, -0.2) is 4.79 Å². The fraction of sp³-hybridized carbons (Fsp3) is 0.250. The fourth-order valence-electron chi connectivity index (χ4n) is 2.62. The molecular formula is C20H22N2O3. The summed E-state index contributed by atoms with van der Waals surface area (Å²) in [6.07, 6.45) is 0. The van der Waals surface area contributed by atoms with Gasteiger partial charge in [-0.3, -0.25) is 0 Å². The average molecular weight is 338 g/mol. The normalized spacial score (nSPS) is 12.1. The van der Waals surface area contributed by atoms with Gasteiger partial charge in [0, 0.05) is 23.2 Å². The smallest absolute Gasteiger partial charge is 0.319 e. The first-order valence-corrected chi connectivity index (χ1v) is 8.39. The molecule has 1 atom stereocenters. The molecule has 1 aromatic heterocycles. The van der Waals surface area contributed by atoms with Crippen molar-refractivity contribution in [1.29, 1.82) is 0 Å². The summed E-state index contributed by atoms with van der Waals surface area (Å²) in [4.78, 5) is 12.3. The molecule has 130 valence electrons. The summed E-state index contributed by atoms with van der Waals surface area (Å²) >= 11 is 0. The van der Waals surface area contributed by atoms with Gasteiger partial charge in [0.15, 0.2) is 0 Å². The zero-order valence-electron chi connectivity index (χ0n) is 14.4. The van der Waals surface area contributed by atoms with Gasteiger partial charge in [0.05, 0.1) is 12.6 Å². The summed E-state index contributed by atoms with van der Waals surface area (Å²) in [6, 6.07) is 16.8. The van der Waals surface area contributed by atoms with Gasteiger partial charge in [0.1, 0.15) is 11.3 Å². The maximum Gasteiger partial charge on any atom is 0.319 e. The molecular weight excluding hydrogens is 316 g/mol.